The number of rotatable bonds is 7. The maximum Gasteiger partial charge on any atom is 0.426 e. The van der Waals surface area contributed by atoms with Gasteiger partial charge in [0.2, 0.25) is 0 Å². The Kier molecular flexibility index (Phi) is 6.78. The number of carbonyl (C=O) groups excluding carboxylic acids is 2. The molecule has 5 N–H and O–H groups in total. The van der Waals surface area contributed by atoms with Gasteiger partial charge in [-0.3, -0.25) is 9.35 Å². The molecule has 0 aliphatic heterocycles. The molecule has 0 radical (unpaired) electrons. The molecule has 0 bridgehead atoms. The second kappa shape index (κ2) is 9.29. The van der Waals surface area contributed by atoms with Gasteiger partial charge in [0.1, 0.15) is 18.0 Å². The van der Waals surface area contributed by atoms with Gasteiger partial charge in [0.15, 0.2) is 5.78 Å². The molecule has 0 atom stereocenters. The van der Waals surface area contributed by atoms with E-state index in [0.717, 1.165) is 34.0 Å². The van der Waals surface area contributed by atoms with Crippen molar-refractivity contribution in [3.63, 3.8) is 0 Å². The number of hydrogen-bond acceptors (Lipinski definition) is 6. The molecular weight excluding hydrogens is 520 g/mol. The lowest BCUT2D eigenvalue weighted by molar-refractivity contribution is 0.0564. The van der Waals surface area contributed by atoms with Crippen molar-refractivity contribution in [2.45, 2.75) is 52.6 Å². The monoisotopic (exact) mass is 556 g/mol. The highest BCUT2D eigenvalue weighted by Gasteiger charge is 2.40. The van der Waals surface area contributed by atoms with Gasteiger partial charge in [-0.2, -0.15) is 4.21 Å². The summed E-state index contributed by atoms with van der Waals surface area (Å²) in [5.74, 6) is 0.413. The zero-order valence-corrected chi connectivity index (χ0v) is 24.1. The van der Waals surface area contributed by atoms with Gasteiger partial charge >= 0.3 is 6.09 Å². The molecule has 0 fully saturated rings. The molecule has 2 aromatic carbocycles. The van der Waals surface area contributed by atoms with Gasteiger partial charge in [-0.05, 0) is 63.1 Å². The summed E-state index contributed by atoms with van der Waals surface area (Å²) in [6.45, 7) is 10.7. The van der Waals surface area contributed by atoms with Crippen molar-refractivity contribution in [1.29, 1.82) is 5.41 Å². The zero-order valence-electron chi connectivity index (χ0n) is 23.3. The highest BCUT2D eigenvalue weighted by Crippen LogP contribution is 2.44. The molecule has 3 aromatic rings. The van der Waals surface area contributed by atoms with E-state index in [1.165, 1.54) is 0 Å². The third-order valence-electron chi connectivity index (χ3n) is 6.53. The van der Waals surface area contributed by atoms with Crippen molar-refractivity contribution in [3.05, 3.63) is 64.3 Å². The molecule has 10 nitrogen and oxygen atoms in total. The van der Waals surface area contributed by atoms with E-state index in [4.69, 9.17) is 14.9 Å². The Morgan fingerprint density at radius 3 is 2.51 bits per heavy atom. The van der Waals surface area contributed by atoms with Gasteiger partial charge in [0.05, 0.1) is 18.4 Å². The third-order valence-corrected chi connectivity index (χ3v) is 8.06. The molecule has 1 aliphatic rings. The van der Waals surface area contributed by atoms with E-state index in [-0.39, 0.29) is 18.9 Å². The minimum atomic E-state index is -4.70. The van der Waals surface area contributed by atoms with Crippen molar-refractivity contribution in [1.82, 2.24) is 14.4 Å². The Morgan fingerprint density at radius 1 is 1.18 bits per heavy atom. The first-order chi connectivity index (χ1) is 17.9. The molecule has 1 amide bonds. The van der Waals surface area contributed by atoms with Crippen LogP contribution in [0.15, 0.2) is 36.4 Å². The van der Waals surface area contributed by atoms with Crippen LogP contribution in [0, 0.1) is 5.41 Å². The van der Waals surface area contributed by atoms with E-state index in [2.05, 4.69) is 9.71 Å². The van der Waals surface area contributed by atoms with Crippen LogP contribution >= 0.6 is 0 Å². The van der Waals surface area contributed by atoms with E-state index >= 15 is 0 Å². The van der Waals surface area contributed by atoms with Crippen molar-refractivity contribution in [2.75, 3.05) is 19.4 Å². The Hall–Kier alpha value is -3.54. The molecule has 1 aliphatic carbocycles. The Balaban J connectivity index is 1.50. The van der Waals surface area contributed by atoms with Gasteiger partial charge in [-0.1, -0.05) is 35.7 Å². The van der Waals surface area contributed by atoms with E-state index in [1.807, 2.05) is 42.8 Å². The zero-order chi connectivity index (χ0) is 29.0. The predicted molar refractivity (Wildman–Crippen MR) is 152 cm³/mol. The highest BCUT2D eigenvalue weighted by molar-refractivity contribution is 8.11. The maximum atomic E-state index is 13.6. The molecule has 0 saturated carbocycles. The molecule has 0 unspecified atom stereocenters. The van der Waals surface area contributed by atoms with E-state index in [0.29, 0.717) is 22.6 Å². The molecule has 1 heterocycles. The summed E-state index contributed by atoms with van der Waals surface area (Å²) in [4.78, 5) is 29.0. The summed E-state index contributed by atoms with van der Waals surface area (Å²) in [6.07, 6.45) is -0.0293. The number of aromatic nitrogens is 1. The largest absolute Gasteiger partial charge is 0.492 e. The van der Waals surface area contributed by atoms with Crippen LogP contribution in [-0.4, -0.2) is 56.3 Å². The van der Waals surface area contributed by atoms with Crippen molar-refractivity contribution in [3.8, 4) is 5.75 Å². The van der Waals surface area contributed by atoms with Crippen LogP contribution < -0.4 is 14.2 Å². The Morgan fingerprint density at radius 2 is 1.87 bits per heavy atom. The summed E-state index contributed by atoms with van der Waals surface area (Å²) >= 11 is 0. The minimum Gasteiger partial charge on any atom is -0.492 e. The van der Waals surface area contributed by atoms with Gasteiger partial charge < -0.3 is 19.9 Å². The van der Waals surface area contributed by atoms with Gasteiger partial charge in [0.25, 0.3) is 0 Å². The molecule has 0 saturated heterocycles. The van der Waals surface area contributed by atoms with Gasteiger partial charge in [-0.15, -0.1) is 0 Å². The molecule has 0 spiro atoms. The fourth-order valence-electron chi connectivity index (χ4n) is 4.72. The first kappa shape index (κ1) is 28.5. The van der Waals surface area contributed by atoms with Crippen LogP contribution in [0.5, 0.6) is 5.75 Å². The lowest BCUT2D eigenvalue weighted by Crippen LogP contribution is -2.60. The van der Waals surface area contributed by atoms with Crippen molar-refractivity contribution in [2.24, 2.45) is 0 Å². The summed E-state index contributed by atoms with van der Waals surface area (Å²) < 4.78 is 38.5. The normalized spacial score (nSPS) is 15.6. The Bertz CT molecular complexity index is 1570. The first-order valence-electron chi connectivity index (χ1n) is 12.6. The summed E-state index contributed by atoms with van der Waals surface area (Å²) in [7, 11) is -4.70. The number of ketones is 1. The fourth-order valence-corrected chi connectivity index (χ4v) is 5.79. The van der Waals surface area contributed by atoms with Crippen LogP contribution in [0.4, 0.5) is 4.79 Å². The fraction of sp³-hybridized carbons (Fsp3) is 0.393. The smallest absolute Gasteiger partial charge is 0.426 e. The van der Waals surface area contributed by atoms with Crippen molar-refractivity contribution >= 4 is 38.2 Å². The van der Waals surface area contributed by atoms with Crippen LogP contribution in [-0.2, 0) is 19.9 Å². The number of ether oxygens (including phenoxy) is 2. The average molecular weight is 557 g/mol. The van der Waals surface area contributed by atoms with Crippen LogP contribution in [0.2, 0.25) is 0 Å². The topological polar surface area (TPSA) is 154 Å². The number of fused-ring (bicyclic) bond motifs is 4. The number of H-pyrrole nitrogens is 1. The molecular formula is C28H36N4O6S. The molecule has 39 heavy (non-hydrogen) atoms. The van der Waals surface area contributed by atoms with E-state index < -0.39 is 26.8 Å². The summed E-state index contributed by atoms with van der Waals surface area (Å²) in [5, 5.41) is 8.77. The number of aromatic amines is 1. The average Bonchev–Trinajstić information content (AvgIpc) is 3.18. The first-order valence-corrected chi connectivity index (χ1v) is 14.9. The number of carbonyl (C=O) groups is 2. The summed E-state index contributed by atoms with van der Waals surface area (Å²) in [6, 6.07) is 10.9. The lowest BCUT2D eigenvalue weighted by atomic mass is 9.71. The molecule has 4 rings (SSSR count). The van der Waals surface area contributed by atoms with E-state index in [1.54, 1.807) is 39.8 Å². The SMILES string of the molecule is CC(=N)c1ccc2c3c([nH]c2c1)C(C)(C)c1cc(OCCNS(C)(=O)(O)NC(=O)OC(C)(C)C)ccc1C3=O. The lowest BCUT2D eigenvalue weighted by Gasteiger charge is -2.40. The number of amides is 1. The van der Waals surface area contributed by atoms with Crippen LogP contribution in [0.1, 0.15) is 74.3 Å². The quantitative estimate of drug-likeness (QED) is 0.210. The van der Waals surface area contributed by atoms with Crippen LogP contribution in [0.25, 0.3) is 10.9 Å². The van der Waals surface area contributed by atoms with Gasteiger partial charge in [0, 0.05) is 33.3 Å². The predicted octanol–water partition coefficient (Wildman–Crippen LogP) is 4.67. The second-order valence-corrected chi connectivity index (χ2v) is 14.6. The number of benzene rings is 2. The Labute approximate surface area is 227 Å². The summed E-state index contributed by atoms with van der Waals surface area (Å²) in [5.41, 5.74) is 3.50. The van der Waals surface area contributed by atoms with E-state index in [9.17, 15) is 18.4 Å². The number of nitrogens with one attached hydrogen (secondary N) is 4. The highest BCUT2D eigenvalue weighted by atomic mass is 32.3. The van der Waals surface area contributed by atoms with Crippen molar-refractivity contribution < 1.29 is 27.8 Å². The molecule has 1 aromatic heterocycles. The third kappa shape index (κ3) is 5.90. The van der Waals surface area contributed by atoms with Gasteiger partial charge in [-0.25, -0.2) is 14.2 Å². The standard InChI is InChI=1S/C28H36N4O6S/c1-16(29)17-8-10-20-22(14-17)31-25-23(20)24(33)19-11-9-18(15-21(19)28(25,5)6)37-13-12-30-39(7,35,36)32-26(34)38-27(2,3)4/h8-11,14-15,29,31H,12-13H2,1-7H3,(H3,30,32,34,35,36). The van der Waals surface area contributed by atoms with Crippen LogP contribution in [0.3, 0.4) is 0 Å². The second-order valence-electron chi connectivity index (χ2n) is 11.6. The maximum absolute atomic E-state index is 13.6. The number of hydrogen-bond donors (Lipinski definition) is 5. The molecule has 11 heteroatoms. The minimum absolute atomic E-state index is 0.0233. The molecule has 210 valence electrons.